The molecule has 11 heteroatoms. The van der Waals surface area contributed by atoms with Crippen molar-refractivity contribution in [2.45, 2.75) is 53.8 Å². The van der Waals surface area contributed by atoms with E-state index in [4.69, 9.17) is 0 Å². The van der Waals surface area contributed by atoms with E-state index in [9.17, 15) is 23.6 Å². The van der Waals surface area contributed by atoms with Gasteiger partial charge in [0.1, 0.15) is 12.4 Å². The van der Waals surface area contributed by atoms with E-state index >= 15 is 0 Å². The molecule has 2 amide bonds. The fourth-order valence-electron chi connectivity index (χ4n) is 4.04. The van der Waals surface area contributed by atoms with Gasteiger partial charge in [0, 0.05) is 23.8 Å². The lowest BCUT2D eigenvalue weighted by molar-refractivity contribution is -0.117. The number of fused-ring (bicyclic) bond motifs is 3. The van der Waals surface area contributed by atoms with Gasteiger partial charge >= 0.3 is 5.69 Å². The van der Waals surface area contributed by atoms with Crippen molar-refractivity contribution in [1.29, 1.82) is 0 Å². The third-order valence-corrected chi connectivity index (χ3v) is 5.76. The molecule has 2 aromatic carbocycles. The van der Waals surface area contributed by atoms with Crippen molar-refractivity contribution in [1.82, 2.24) is 24.1 Å². The number of aromatic nitrogens is 4. The van der Waals surface area contributed by atoms with Crippen LogP contribution in [0.3, 0.4) is 0 Å². The summed E-state index contributed by atoms with van der Waals surface area (Å²) in [6.45, 7) is 8.94. The lowest BCUT2D eigenvalue weighted by Crippen LogP contribution is -2.31. The molecule has 0 unspecified atom stereocenters. The number of carbonyl (C=O) groups excluding carboxylic acids is 2. The fraction of sp³-hybridized carbons (Fsp3) is 0.346. The van der Waals surface area contributed by atoms with Gasteiger partial charge in [-0.25, -0.2) is 18.3 Å². The summed E-state index contributed by atoms with van der Waals surface area (Å²) < 4.78 is 17.5. The molecular formula is C26H29FN6O4. The van der Waals surface area contributed by atoms with Gasteiger partial charge in [-0.15, -0.1) is 5.10 Å². The first-order chi connectivity index (χ1) is 17.5. The van der Waals surface area contributed by atoms with E-state index in [0.717, 1.165) is 4.68 Å². The molecule has 194 valence electrons. The second-order valence-electron chi connectivity index (χ2n) is 9.76. The van der Waals surface area contributed by atoms with Gasteiger partial charge in [0.2, 0.25) is 11.7 Å². The first-order valence-corrected chi connectivity index (χ1v) is 12.0. The molecule has 10 nitrogen and oxygen atoms in total. The minimum absolute atomic E-state index is 0.0619. The third-order valence-electron chi connectivity index (χ3n) is 5.76. The number of nitrogens with one attached hydrogen (secondary N) is 2. The van der Waals surface area contributed by atoms with Gasteiger partial charge in [-0.05, 0) is 62.6 Å². The van der Waals surface area contributed by atoms with Gasteiger partial charge in [-0.3, -0.25) is 19.0 Å². The lowest BCUT2D eigenvalue weighted by Gasteiger charge is -2.13. The second kappa shape index (κ2) is 10.00. The normalized spacial score (nSPS) is 11.6. The number of benzene rings is 2. The average molecular weight is 509 g/mol. The van der Waals surface area contributed by atoms with Gasteiger partial charge < -0.3 is 10.6 Å². The highest BCUT2D eigenvalue weighted by Gasteiger charge is 2.21. The van der Waals surface area contributed by atoms with E-state index in [1.165, 1.54) is 39.3 Å². The molecule has 0 bridgehead atoms. The molecule has 37 heavy (non-hydrogen) atoms. The molecule has 4 aromatic rings. The molecule has 0 aliphatic rings. The monoisotopic (exact) mass is 508 g/mol. The Morgan fingerprint density at radius 3 is 2.43 bits per heavy atom. The van der Waals surface area contributed by atoms with Gasteiger partial charge in [0.25, 0.3) is 11.5 Å². The van der Waals surface area contributed by atoms with Gasteiger partial charge in [0.05, 0.1) is 10.9 Å². The summed E-state index contributed by atoms with van der Waals surface area (Å²) in [6, 6.07) is 8.71. The van der Waals surface area contributed by atoms with Crippen LogP contribution < -0.4 is 21.9 Å². The molecule has 2 aromatic heterocycles. The number of anilines is 1. The average Bonchev–Trinajstić information content (AvgIpc) is 3.13. The largest absolute Gasteiger partial charge is 0.352 e. The Balaban J connectivity index is 1.83. The highest BCUT2D eigenvalue weighted by molar-refractivity contribution is 5.98. The lowest BCUT2D eigenvalue weighted by atomic mass is 10.1. The summed E-state index contributed by atoms with van der Waals surface area (Å²) in [5, 5.41) is 9.90. The number of carbonyl (C=O) groups is 2. The molecule has 0 atom stereocenters. The molecule has 0 saturated carbocycles. The van der Waals surface area contributed by atoms with Crippen LogP contribution in [-0.4, -0.2) is 36.6 Å². The standard InChI is InChI=1S/C26H29FN6O4/c1-14(2)12-31-24(36)19-9-7-17(23(35)28-15(3)4)10-21(19)33-25(31)30-32(26(33)37)13-22(34)29-18-8-6-16(5)20(27)11-18/h6-11,14-15H,12-13H2,1-5H3,(H,28,35)(H,29,34). The van der Waals surface area contributed by atoms with Crippen LogP contribution in [0.4, 0.5) is 10.1 Å². The number of nitrogens with zero attached hydrogens (tertiary/aromatic N) is 4. The maximum Gasteiger partial charge on any atom is 0.352 e. The molecule has 2 heterocycles. The molecular weight excluding hydrogens is 479 g/mol. The van der Waals surface area contributed by atoms with Gasteiger partial charge in [0.15, 0.2) is 0 Å². The van der Waals surface area contributed by atoms with E-state index in [0.29, 0.717) is 12.1 Å². The summed E-state index contributed by atoms with van der Waals surface area (Å²) in [5.74, 6) is -1.28. The highest BCUT2D eigenvalue weighted by Crippen LogP contribution is 2.16. The number of halogens is 1. The maximum atomic E-state index is 13.9. The van der Waals surface area contributed by atoms with Crippen LogP contribution in [0.2, 0.25) is 0 Å². The Bertz CT molecular complexity index is 1650. The van der Waals surface area contributed by atoms with Crippen molar-refractivity contribution in [3.05, 3.63) is 74.2 Å². The molecule has 0 radical (unpaired) electrons. The molecule has 2 N–H and O–H groups in total. The molecule has 0 spiro atoms. The minimum atomic E-state index is -0.649. The number of rotatable bonds is 7. The number of amides is 2. The Hall–Kier alpha value is -4.28. The fourth-order valence-corrected chi connectivity index (χ4v) is 4.04. The molecule has 4 rings (SSSR count). The van der Waals surface area contributed by atoms with Crippen LogP contribution >= 0.6 is 0 Å². The quantitative estimate of drug-likeness (QED) is 0.398. The van der Waals surface area contributed by atoms with Crippen molar-refractivity contribution in [2.75, 3.05) is 5.32 Å². The second-order valence-corrected chi connectivity index (χ2v) is 9.76. The molecule has 0 aliphatic carbocycles. The predicted molar refractivity (Wildman–Crippen MR) is 138 cm³/mol. The Labute approximate surface area is 211 Å². The number of aryl methyl sites for hydroxylation is 1. The zero-order valence-electron chi connectivity index (χ0n) is 21.3. The Morgan fingerprint density at radius 1 is 1.05 bits per heavy atom. The van der Waals surface area contributed by atoms with Crippen LogP contribution in [0.25, 0.3) is 16.7 Å². The van der Waals surface area contributed by atoms with E-state index in [2.05, 4.69) is 15.7 Å². The summed E-state index contributed by atoms with van der Waals surface area (Å²) in [4.78, 5) is 52.1. The van der Waals surface area contributed by atoms with E-state index < -0.39 is 24.0 Å². The SMILES string of the molecule is Cc1ccc(NC(=O)Cn2nc3n(CC(C)C)c(=O)c4ccc(C(=O)NC(C)C)cc4n3c2=O)cc1F. The first kappa shape index (κ1) is 25.8. The number of hydrogen-bond acceptors (Lipinski definition) is 5. The number of hydrogen-bond donors (Lipinski definition) is 2. The van der Waals surface area contributed by atoms with Crippen molar-refractivity contribution >= 4 is 34.2 Å². The summed E-state index contributed by atoms with van der Waals surface area (Å²) >= 11 is 0. The van der Waals surface area contributed by atoms with Crippen molar-refractivity contribution in [3.63, 3.8) is 0 Å². The van der Waals surface area contributed by atoms with E-state index in [-0.39, 0.29) is 51.4 Å². The molecule has 0 saturated heterocycles. The summed E-state index contributed by atoms with van der Waals surface area (Å²) in [7, 11) is 0. The Kier molecular flexibility index (Phi) is 6.97. The van der Waals surface area contributed by atoms with Crippen molar-refractivity contribution in [2.24, 2.45) is 5.92 Å². The first-order valence-electron chi connectivity index (χ1n) is 12.0. The van der Waals surface area contributed by atoms with Crippen LogP contribution in [0.5, 0.6) is 0 Å². The maximum absolute atomic E-state index is 13.9. The molecule has 0 fully saturated rings. The van der Waals surface area contributed by atoms with Crippen molar-refractivity contribution in [3.8, 4) is 0 Å². The minimum Gasteiger partial charge on any atom is -0.350 e. The topological polar surface area (TPSA) is 120 Å². The third kappa shape index (κ3) is 5.16. The zero-order chi connectivity index (χ0) is 27.0. The van der Waals surface area contributed by atoms with E-state index in [1.807, 2.05) is 27.7 Å². The van der Waals surface area contributed by atoms with Crippen LogP contribution in [0.1, 0.15) is 43.6 Å². The predicted octanol–water partition coefficient (Wildman–Crippen LogP) is 2.69. The van der Waals surface area contributed by atoms with Crippen LogP contribution in [0, 0.1) is 18.7 Å². The summed E-state index contributed by atoms with van der Waals surface area (Å²) in [5.41, 5.74) is 0.169. The zero-order valence-corrected chi connectivity index (χ0v) is 21.3. The highest BCUT2D eigenvalue weighted by atomic mass is 19.1. The van der Waals surface area contributed by atoms with Crippen LogP contribution in [0.15, 0.2) is 46.0 Å². The Morgan fingerprint density at radius 2 is 1.78 bits per heavy atom. The van der Waals surface area contributed by atoms with Gasteiger partial charge in [-0.1, -0.05) is 19.9 Å². The van der Waals surface area contributed by atoms with Gasteiger partial charge in [-0.2, -0.15) is 0 Å². The summed E-state index contributed by atoms with van der Waals surface area (Å²) in [6.07, 6.45) is 0. The van der Waals surface area contributed by atoms with E-state index in [1.54, 1.807) is 13.0 Å². The molecule has 0 aliphatic heterocycles. The van der Waals surface area contributed by atoms with Crippen molar-refractivity contribution < 1.29 is 14.0 Å². The smallest absolute Gasteiger partial charge is 0.350 e. The van der Waals surface area contributed by atoms with Crippen LogP contribution in [-0.2, 0) is 17.9 Å².